The van der Waals surface area contributed by atoms with Gasteiger partial charge in [0.15, 0.2) is 5.82 Å². The zero-order valence-corrected chi connectivity index (χ0v) is 9.54. The Morgan fingerprint density at radius 1 is 1.53 bits per heavy atom. The van der Waals surface area contributed by atoms with Gasteiger partial charge in [0.05, 0.1) is 12.9 Å². The third kappa shape index (κ3) is 2.21. The van der Waals surface area contributed by atoms with Crippen LogP contribution in [0.1, 0.15) is 30.3 Å². The molecule has 0 amide bonds. The lowest BCUT2D eigenvalue weighted by Gasteiger charge is -2.23. The van der Waals surface area contributed by atoms with Crippen molar-refractivity contribution in [2.45, 2.75) is 25.3 Å². The lowest BCUT2D eigenvalue weighted by Crippen LogP contribution is -2.29. The molecule has 0 spiro atoms. The largest absolute Gasteiger partial charge is 0.343 e. The third-order valence-electron chi connectivity index (χ3n) is 3.18. The molecule has 1 atom stereocenters. The molecule has 0 radical (unpaired) electrons. The normalized spacial score (nSPS) is 20.6. The number of imidazole rings is 1. The van der Waals surface area contributed by atoms with E-state index in [0.717, 1.165) is 13.1 Å². The molecule has 2 aromatic heterocycles. The molecule has 17 heavy (non-hydrogen) atoms. The molecule has 1 saturated heterocycles. The summed E-state index contributed by atoms with van der Waals surface area (Å²) in [6, 6.07) is 0. The Hall–Kier alpha value is -1.69. The summed E-state index contributed by atoms with van der Waals surface area (Å²) in [5, 5.41) is 7.25. The van der Waals surface area contributed by atoms with Crippen molar-refractivity contribution in [2.24, 2.45) is 0 Å². The number of aromatic nitrogens is 4. The Kier molecular flexibility index (Phi) is 2.87. The Bertz CT molecular complexity index is 458. The van der Waals surface area contributed by atoms with Crippen molar-refractivity contribution in [2.75, 3.05) is 13.1 Å². The summed E-state index contributed by atoms with van der Waals surface area (Å²) in [5.41, 5.74) is 1.25. The molecule has 0 aromatic carbocycles. The molecule has 3 rings (SSSR count). The van der Waals surface area contributed by atoms with Crippen LogP contribution in [-0.2, 0) is 6.54 Å². The van der Waals surface area contributed by atoms with Gasteiger partial charge in [0.25, 0.3) is 0 Å². The minimum atomic E-state index is 0.540. The van der Waals surface area contributed by atoms with Gasteiger partial charge in [0.2, 0.25) is 6.39 Å². The van der Waals surface area contributed by atoms with Gasteiger partial charge in [-0.2, -0.15) is 4.98 Å². The Morgan fingerprint density at radius 2 is 2.53 bits per heavy atom. The number of hydrogen-bond acceptors (Lipinski definition) is 5. The molecule has 6 nitrogen and oxygen atoms in total. The number of piperidine rings is 1. The second-order valence-electron chi connectivity index (χ2n) is 4.34. The van der Waals surface area contributed by atoms with Crippen LogP contribution in [0.5, 0.6) is 0 Å². The van der Waals surface area contributed by atoms with E-state index < -0.39 is 0 Å². The quantitative estimate of drug-likeness (QED) is 0.848. The zero-order chi connectivity index (χ0) is 11.5. The maximum absolute atomic E-state index is 4.74. The van der Waals surface area contributed by atoms with Crippen molar-refractivity contribution in [3.8, 4) is 0 Å². The van der Waals surface area contributed by atoms with E-state index in [4.69, 9.17) is 4.52 Å². The minimum absolute atomic E-state index is 0.540. The van der Waals surface area contributed by atoms with Gasteiger partial charge < -0.3 is 14.4 Å². The summed E-state index contributed by atoms with van der Waals surface area (Å²) in [7, 11) is 0. The second kappa shape index (κ2) is 4.67. The highest BCUT2D eigenvalue weighted by atomic mass is 16.5. The van der Waals surface area contributed by atoms with Gasteiger partial charge in [-0.05, 0) is 19.4 Å². The molecular formula is C11H15N5O. The van der Waals surface area contributed by atoms with E-state index >= 15 is 0 Å². The van der Waals surface area contributed by atoms with Crippen LogP contribution in [0.4, 0.5) is 0 Å². The standard InChI is InChI=1S/C11H15N5O/c1-2-9(4-12-3-1)10-5-13-7-16(10)6-11-14-8-17-15-11/h5,7-9,12H,1-4,6H2. The van der Waals surface area contributed by atoms with Crippen LogP contribution in [0.15, 0.2) is 23.4 Å². The van der Waals surface area contributed by atoms with Crippen LogP contribution in [0, 0.1) is 0 Å². The highest BCUT2D eigenvalue weighted by molar-refractivity contribution is 5.09. The molecule has 0 aliphatic carbocycles. The van der Waals surface area contributed by atoms with E-state index in [1.807, 2.05) is 12.5 Å². The van der Waals surface area contributed by atoms with E-state index in [0.29, 0.717) is 18.3 Å². The number of hydrogen-bond donors (Lipinski definition) is 1. The first-order chi connectivity index (χ1) is 8.43. The first-order valence-corrected chi connectivity index (χ1v) is 5.89. The van der Waals surface area contributed by atoms with Gasteiger partial charge in [-0.25, -0.2) is 4.98 Å². The molecule has 1 fully saturated rings. The van der Waals surface area contributed by atoms with Crippen LogP contribution >= 0.6 is 0 Å². The highest BCUT2D eigenvalue weighted by Gasteiger charge is 2.19. The molecule has 1 unspecified atom stereocenters. The molecule has 90 valence electrons. The van der Waals surface area contributed by atoms with Crippen LogP contribution in [0.2, 0.25) is 0 Å². The van der Waals surface area contributed by atoms with Gasteiger partial charge in [-0.3, -0.25) is 0 Å². The SMILES string of the molecule is c1nc(Cn2cncc2C2CCCNC2)no1. The maximum Gasteiger partial charge on any atom is 0.213 e. The molecule has 1 aliphatic heterocycles. The van der Waals surface area contributed by atoms with E-state index in [1.54, 1.807) is 0 Å². The number of nitrogens with zero attached hydrogens (tertiary/aromatic N) is 4. The topological polar surface area (TPSA) is 68.8 Å². The monoisotopic (exact) mass is 233 g/mol. The smallest absolute Gasteiger partial charge is 0.213 e. The van der Waals surface area contributed by atoms with Crippen LogP contribution < -0.4 is 5.32 Å². The third-order valence-corrected chi connectivity index (χ3v) is 3.18. The Labute approximate surface area is 99.0 Å². The average molecular weight is 233 g/mol. The minimum Gasteiger partial charge on any atom is -0.343 e. The molecule has 1 N–H and O–H groups in total. The van der Waals surface area contributed by atoms with Crippen LogP contribution in [0.25, 0.3) is 0 Å². The number of rotatable bonds is 3. The predicted octanol–water partition coefficient (Wildman–Crippen LogP) is 0.781. The average Bonchev–Trinajstić information content (AvgIpc) is 3.02. The fraction of sp³-hybridized carbons (Fsp3) is 0.545. The summed E-state index contributed by atoms with van der Waals surface area (Å²) in [4.78, 5) is 8.26. The summed E-state index contributed by atoms with van der Waals surface area (Å²) in [6.07, 6.45) is 7.56. The molecular weight excluding hydrogens is 218 g/mol. The number of nitrogens with one attached hydrogen (secondary N) is 1. The fourth-order valence-corrected chi connectivity index (χ4v) is 2.32. The van der Waals surface area contributed by atoms with Gasteiger partial charge in [0.1, 0.15) is 0 Å². The molecule has 3 heterocycles. The van der Waals surface area contributed by atoms with Crippen molar-refractivity contribution < 1.29 is 4.52 Å². The first-order valence-electron chi connectivity index (χ1n) is 5.89. The van der Waals surface area contributed by atoms with Crippen LogP contribution in [0.3, 0.4) is 0 Å². The maximum atomic E-state index is 4.74. The van der Waals surface area contributed by atoms with Gasteiger partial charge >= 0.3 is 0 Å². The van der Waals surface area contributed by atoms with Crippen LogP contribution in [-0.4, -0.2) is 32.8 Å². The van der Waals surface area contributed by atoms with Crippen molar-refractivity contribution >= 4 is 0 Å². The second-order valence-corrected chi connectivity index (χ2v) is 4.34. The van der Waals surface area contributed by atoms with Crippen molar-refractivity contribution in [3.05, 3.63) is 30.4 Å². The highest BCUT2D eigenvalue weighted by Crippen LogP contribution is 2.23. The summed E-state index contributed by atoms with van der Waals surface area (Å²) < 4.78 is 6.84. The molecule has 0 bridgehead atoms. The van der Waals surface area contributed by atoms with Gasteiger partial charge in [-0.15, -0.1) is 0 Å². The van der Waals surface area contributed by atoms with Crippen molar-refractivity contribution in [1.82, 2.24) is 25.0 Å². The lowest BCUT2D eigenvalue weighted by molar-refractivity contribution is 0.405. The molecule has 2 aromatic rings. The van der Waals surface area contributed by atoms with Crippen molar-refractivity contribution in [1.29, 1.82) is 0 Å². The summed E-state index contributed by atoms with van der Waals surface area (Å²) in [6.45, 7) is 2.77. The fourth-order valence-electron chi connectivity index (χ4n) is 2.32. The zero-order valence-electron chi connectivity index (χ0n) is 9.54. The van der Waals surface area contributed by atoms with E-state index in [2.05, 4.69) is 25.0 Å². The van der Waals surface area contributed by atoms with Crippen molar-refractivity contribution in [3.63, 3.8) is 0 Å². The predicted molar refractivity (Wildman–Crippen MR) is 60.5 cm³/mol. The first kappa shape index (κ1) is 10.5. The molecule has 1 aliphatic rings. The van der Waals surface area contributed by atoms with Gasteiger partial charge in [-0.1, -0.05) is 5.16 Å². The van der Waals surface area contributed by atoms with E-state index in [-0.39, 0.29) is 0 Å². The lowest BCUT2D eigenvalue weighted by atomic mass is 9.96. The summed E-state index contributed by atoms with van der Waals surface area (Å²) >= 11 is 0. The van der Waals surface area contributed by atoms with E-state index in [9.17, 15) is 0 Å². The van der Waals surface area contributed by atoms with Gasteiger partial charge in [0, 0.05) is 24.4 Å². The van der Waals surface area contributed by atoms with E-state index in [1.165, 1.54) is 24.9 Å². The molecule has 0 saturated carbocycles. The molecule has 6 heteroatoms. The Balaban J connectivity index is 1.78. The summed E-state index contributed by atoms with van der Waals surface area (Å²) in [5.74, 6) is 1.23. The Morgan fingerprint density at radius 3 is 3.29 bits per heavy atom.